The quantitative estimate of drug-likeness (QED) is 0.0979. The second-order valence-electron chi connectivity index (χ2n) is 13.1. The van der Waals surface area contributed by atoms with Crippen molar-refractivity contribution in [2.24, 2.45) is 0 Å². The first-order valence-electron chi connectivity index (χ1n) is 17.8. The lowest BCUT2D eigenvalue weighted by Crippen LogP contribution is -2.35. The topological polar surface area (TPSA) is 17.8 Å². The molecule has 0 aliphatic rings. The van der Waals surface area contributed by atoms with Gasteiger partial charge in [0.25, 0.3) is 0 Å². The highest BCUT2D eigenvalue weighted by Crippen LogP contribution is 2.44. The fourth-order valence-electron chi connectivity index (χ4n) is 6.96. The van der Waals surface area contributed by atoms with Crippen molar-refractivity contribution in [3.8, 4) is 0 Å². The molecule has 2 aromatic carbocycles. The third-order valence-electron chi connectivity index (χ3n) is 9.49. The number of hydrogen-bond acceptors (Lipinski definition) is 1. The van der Waals surface area contributed by atoms with Crippen molar-refractivity contribution in [3.05, 3.63) is 90.0 Å². The van der Waals surface area contributed by atoms with E-state index in [-0.39, 0.29) is 5.41 Å². The molecule has 1 aromatic heterocycles. The van der Waals surface area contributed by atoms with Crippen LogP contribution >= 0.6 is 0 Å². The molecule has 2 heteroatoms. The van der Waals surface area contributed by atoms with Crippen LogP contribution in [0, 0.1) is 0 Å². The Kier molecular flexibility index (Phi) is 16.7. The zero-order valence-electron chi connectivity index (χ0n) is 27.5. The predicted molar refractivity (Wildman–Crippen MR) is 183 cm³/mol. The maximum absolute atomic E-state index is 5.02. The van der Waals surface area contributed by atoms with Gasteiger partial charge >= 0.3 is 0 Å². The Labute approximate surface area is 259 Å². The van der Waals surface area contributed by atoms with Crippen LogP contribution in [0.15, 0.2) is 73.1 Å². The van der Waals surface area contributed by atoms with Crippen molar-refractivity contribution in [2.45, 2.75) is 161 Å². The van der Waals surface area contributed by atoms with Crippen LogP contribution in [0.1, 0.15) is 159 Å². The summed E-state index contributed by atoms with van der Waals surface area (Å²) in [5.74, 6) is 1.66. The van der Waals surface area contributed by atoms with Gasteiger partial charge in [0.15, 0.2) is 0 Å². The first-order chi connectivity index (χ1) is 20.7. The number of rotatable bonds is 24. The average molecular weight is 571 g/mol. The molecule has 2 atom stereocenters. The highest BCUT2D eigenvalue weighted by atomic mass is 15.1. The van der Waals surface area contributed by atoms with Gasteiger partial charge in [-0.3, -0.25) is 0 Å². The van der Waals surface area contributed by atoms with E-state index in [1.807, 2.05) is 6.20 Å². The van der Waals surface area contributed by atoms with E-state index in [2.05, 4.69) is 92.2 Å². The molecule has 3 aromatic rings. The molecule has 0 aliphatic carbocycles. The Morgan fingerprint density at radius 3 is 1.64 bits per heavy atom. The third-order valence-corrected chi connectivity index (χ3v) is 9.49. The number of hydrogen-bond donors (Lipinski definition) is 0. The third kappa shape index (κ3) is 11.7. The van der Waals surface area contributed by atoms with Crippen LogP contribution in [0.4, 0.5) is 0 Å². The lowest BCUT2D eigenvalue weighted by molar-refractivity contribution is 0.322. The largest absolute Gasteiger partial charge is 0.335 e. The Balaban J connectivity index is 1.50. The zero-order valence-corrected chi connectivity index (χ0v) is 27.5. The van der Waals surface area contributed by atoms with E-state index in [4.69, 9.17) is 4.98 Å². The average Bonchev–Trinajstić information content (AvgIpc) is 3.47. The minimum absolute atomic E-state index is 0.0189. The molecule has 0 amide bonds. The van der Waals surface area contributed by atoms with E-state index in [0.29, 0.717) is 5.92 Å². The molecule has 0 bridgehead atoms. The van der Waals surface area contributed by atoms with Gasteiger partial charge in [0.05, 0.1) is 0 Å². The van der Waals surface area contributed by atoms with Crippen LogP contribution in [0.25, 0.3) is 0 Å². The number of benzene rings is 2. The smallest absolute Gasteiger partial charge is 0.112 e. The highest BCUT2D eigenvalue weighted by Gasteiger charge is 2.39. The summed E-state index contributed by atoms with van der Waals surface area (Å²) in [4.78, 5) is 5.02. The second kappa shape index (κ2) is 20.5. The molecule has 0 spiro atoms. The summed E-state index contributed by atoms with van der Waals surface area (Å²) < 4.78 is 2.43. The first kappa shape index (κ1) is 34.1. The lowest BCUT2D eigenvalue weighted by Gasteiger charge is -2.39. The van der Waals surface area contributed by atoms with Gasteiger partial charge in [-0.2, -0.15) is 0 Å². The van der Waals surface area contributed by atoms with Gasteiger partial charge < -0.3 is 4.57 Å². The molecule has 2 unspecified atom stereocenters. The molecule has 0 saturated heterocycles. The maximum atomic E-state index is 5.02. The van der Waals surface area contributed by atoms with Crippen molar-refractivity contribution in [1.82, 2.24) is 9.55 Å². The monoisotopic (exact) mass is 570 g/mol. The Hall–Kier alpha value is -2.35. The standard InChI is InChI=1S/C40H62N2/c1-4-6-7-8-9-10-11-12-13-14-15-16-17-18-19-26-31-38(39-41-32-34-42(39)33-5-2)40(3,37-29-24-21-25-30-37)35-36-27-22-20-23-28-36/h20-25,27-30,32,34,38H,4-19,26,31,33,35H2,1-3H3. The predicted octanol–water partition coefficient (Wildman–Crippen LogP) is 12.2. The van der Waals surface area contributed by atoms with Gasteiger partial charge in [0.1, 0.15) is 5.82 Å². The molecule has 0 aliphatic heterocycles. The van der Waals surface area contributed by atoms with Crippen molar-refractivity contribution >= 4 is 0 Å². The minimum atomic E-state index is -0.0189. The van der Waals surface area contributed by atoms with Crippen molar-refractivity contribution in [2.75, 3.05) is 0 Å². The molecule has 0 saturated carbocycles. The summed E-state index contributed by atoms with van der Waals surface area (Å²) in [7, 11) is 0. The Morgan fingerprint density at radius 2 is 1.12 bits per heavy atom. The van der Waals surface area contributed by atoms with E-state index in [9.17, 15) is 0 Å². The minimum Gasteiger partial charge on any atom is -0.335 e. The molecule has 0 radical (unpaired) electrons. The van der Waals surface area contributed by atoms with Crippen molar-refractivity contribution < 1.29 is 0 Å². The SMILES string of the molecule is CCCCCCCCCCCCCCCCCCC(c1nccn1CCC)C(C)(Cc1ccccc1)c1ccccc1. The van der Waals surface area contributed by atoms with Gasteiger partial charge in [-0.05, 0) is 30.4 Å². The van der Waals surface area contributed by atoms with Gasteiger partial charge in [0.2, 0.25) is 0 Å². The summed E-state index contributed by atoms with van der Waals surface area (Å²) in [5.41, 5.74) is 2.82. The van der Waals surface area contributed by atoms with Crippen LogP contribution in [0.2, 0.25) is 0 Å². The van der Waals surface area contributed by atoms with Gasteiger partial charge in [-0.15, -0.1) is 0 Å². The summed E-state index contributed by atoms with van der Waals surface area (Å²) >= 11 is 0. The number of aryl methyl sites for hydroxylation is 1. The molecule has 1 heterocycles. The van der Waals surface area contributed by atoms with Crippen molar-refractivity contribution in [1.29, 1.82) is 0 Å². The number of unbranched alkanes of at least 4 members (excludes halogenated alkanes) is 15. The van der Waals surface area contributed by atoms with E-state index >= 15 is 0 Å². The van der Waals surface area contributed by atoms with Gasteiger partial charge in [0, 0.05) is 30.3 Å². The van der Waals surface area contributed by atoms with E-state index < -0.39 is 0 Å². The molecule has 42 heavy (non-hydrogen) atoms. The fourth-order valence-corrected chi connectivity index (χ4v) is 6.96. The molecular formula is C40H62N2. The van der Waals surface area contributed by atoms with Gasteiger partial charge in [-0.1, -0.05) is 184 Å². The van der Waals surface area contributed by atoms with Crippen LogP contribution in [-0.4, -0.2) is 9.55 Å². The van der Waals surface area contributed by atoms with E-state index in [1.54, 1.807) is 0 Å². The molecule has 3 rings (SSSR count). The van der Waals surface area contributed by atoms with Crippen LogP contribution in [0.3, 0.4) is 0 Å². The van der Waals surface area contributed by atoms with E-state index in [1.165, 1.54) is 126 Å². The van der Waals surface area contributed by atoms with Crippen LogP contribution in [-0.2, 0) is 18.4 Å². The lowest BCUT2D eigenvalue weighted by atomic mass is 9.66. The summed E-state index contributed by atoms with van der Waals surface area (Å²) in [6.07, 6.45) is 30.2. The van der Waals surface area contributed by atoms with Crippen LogP contribution in [0.5, 0.6) is 0 Å². The number of nitrogens with zero attached hydrogens (tertiary/aromatic N) is 2. The molecule has 0 N–H and O–H groups in total. The van der Waals surface area contributed by atoms with Crippen LogP contribution < -0.4 is 0 Å². The number of aromatic nitrogens is 2. The highest BCUT2D eigenvalue weighted by molar-refractivity contribution is 5.33. The Morgan fingerprint density at radius 1 is 0.619 bits per heavy atom. The molecular weight excluding hydrogens is 508 g/mol. The summed E-state index contributed by atoms with van der Waals surface area (Å²) in [6.45, 7) is 8.11. The fraction of sp³-hybridized carbons (Fsp3) is 0.625. The first-order valence-corrected chi connectivity index (χ1v) is 17.8. The van der Waals surface area contributed by atoms with Crippen molar-refractivity contribution in [3.63, 3.8) is 0 Å². The van der Waals surface area contributed by atoms with Gasteiger partial charge in [-0.25, -0.2) is 4.98 Å². The zero-order chi connectivity index (χ0) is 29.7. The molecule has 232 valence electrons. The maximum Gasteiger partial charge on any atom is 0.112 e. The molecule has 0 fully saturated rings. The van der Waals surface area contributed by atoms with E-state index in [0.717, 1.165) is 19.4 Å². The second-order valence-corrected chi connectivity index (χ2v) is 13.1. The normalized spacial score (nSPS) is 13.7. The number of imidazole rings is 1. The summed E-state index contributed by atoms with van der Waals surface area (Å²) in [5, 5.41) is 0. The summed E-state index contributed by atoms with van der Waals surface area (Å²) in [6, 6.07) is 22.4. The molecule has 2 nitrogen and oxygen atoms in total. The Bertz CT molecular complexity index is 1040.